The fraction of sp³-hybridized carbons (Fsp3) is 0.273. The van der Waals surface area contributed by atoms with E-state index in [0.717, 1.165) is 0 Å². The van der Waals surface area contributed by atoms with Gasteiger partial charge in [-0.15, -0.1) is 0 Å². The zero-order chi connectivity index (χ0) is 23.6. The fourth-order valence-electron chi connectivity index (χ4n) is 3.67. The molecule has 2 aromatic carbocycles. The highest BCUT2D eigenvalue weighted by atomic mass is 35.5. The van der Waals surface area contributed by atoms with Gasteiger partial charge < -0.3 is 14.8 Å². The van der Waals surface area contributed by atoms with E-state index in [2.05, 4.69) is 15.3 Å². The van der Waals surface area contributed by atoms with Gasteiger partial charge in [-0.3, -0.25) is 0 Å². The number of rotatable bonds is 5. The zero-order valence-electron chi connectivity index (χ0n) is 17.3. The number of benzene rings is 2. The van der Waals surface area contributed by atoms with Crippen LogP contribution in [-0.4, -0.2) is 44.9 Å². The van der Waals surface area contributed by atoms with Crippen LogP contribution in [0.15, 0.2) is 48.5 Å². The Morgan fingerprint density at radius 1 is 1.00 bits per heavy atom. The molecule has 1 unspecified atom stereocenters. The number of alkyl halides is 3. The molecule has 33 heavy (non-hydrogen) atoms. The van der Waals surface area contributed by atoms with Crippen LogP contribution in [0, 0.1) is 0 Å². The van der Waals surface area contributed by atoms with Crippen molar-refractivity contribution in [2.75, 3.05) is 31.1 Å². The first kappa shape index (κ1) is 23.6. The summed E-state index contributed by atoms with van der Waals surface area (Å²) in [5.74, 6) is -1.09. The van der Waals surface area contributed by atoms with Crippen LogP contribution in [-0.2, 0) is 23.0 Å². The maximum Gasteiger partial charge on any atom is 0.451 e. The van der Waals surface area contributed by atoms with Crippen molar-refractivity contribution in [3.05, 3.63) is 64.9 Å². The Morgan fingerprint density at radius 3 is 2.18 bits per heavy atom. The first-order valence-corrected chi connectivity index (χ1v) is 11.8. The molecule has 3 aromatic rings. The van der Waals surface area contributed by atoms with Crippen LogP contribution in [0.4, 0.5) is 19.0 Å². The number of aromatic nitrogens is 2. The van der Waals surface area contributed by atoms with Crippen molar-refractivity contribution in [3.63, 3.8) is 0 Å². The Bertz CT molecular complexity index is 1150. The van der Waals surface area contributed by atoms with Gasteiger partial charge in [0, 0.05) is 36.8 Å². The van der Waals surface area contributed by atoms with Gasteiger partial charge in [0.15, 0.2) is 11.1 Å². The molecular formula is C22H20ClF3N4O2S. The topological polar surface area (TPSA) is 78.3 Å². The summed E-state index contributed by atoms with van der Waals surface area (Å²) in [4.78, 5) is 9.73. The number of piperazine rings is 1. The molecule has 1 aliphatic rings. The third-order valence-electron chi connectivity index (χ3n) is 5.21. The Labute approximate surface area is 196 Å². The van der Waals surface area contributed by atoms with Crippen molar-refractivity contribution in [2.45, 2.75) is 11.9 Å². The van der Waals surface area contributed by atoms with E-state index in [1.807, 2.05) is 4.90 Å². The smallest absolute Gasteiger partial charge is 0.353 e. The Morgan fingerprint density at radius 2 is 1.61 bits per heavy atom. The van der Waals surface area contributed by atoms with Gasteiger partial charge in [0.05, 0.1) is 17.0 Å². The summed E-state index contributed by atoms with van der Waals surface area (Å²) < 4.78 is 61.6. The second-order valence-electron chi connectivity index (χ2n) is 7.50. The molecule has 0 aliphatic carbocycles. The fourth-order valence-corrected chi connectivity index (χ4v) is 4.28. The van der Waals surface area contributed by atoms with E-state index in [1.54, 1.807) is 48.5 Å². The van der Waals surface area contributed by atoms with Crippen LogP contribution in [0.25, 0.3) is 22.4 Å². The second-order valence-corrected chi connectivity index (χ2v) is 8.87. The predicted molar refractivity (Wildman–Crippen MR) is 122 cm³/mol. The van der Waals surface area contributed by atoms with E-state index < -0.39 is 23.1 Å². The highest BCUT2D eigenvalue weighted by molar-refractivity contribution is 7.78. The molecule has 6 nitrogen and oxygen atoms in total. The molecule has 1 atom stereocenters. The maximum absolute atomic E-state index is 13.8. The second kappa shape index (κ2) is 9.76. The standard InChI is InChI=1S/C22H20ClF3N4O2S/c23-17-7-5-15(6-8-17)18-19(16-3-1-14(2-4-16)13-33(31)32)28-21(22(24,25)26)29-20(18)30-11-9-27-10-12-30/h1-8,27H,9-13H2,(H,31,32). The normalized spacial score (nSPS) is 15.5. The van der Waals surface area contributed by atoms with Gasteiger partial charge in [-0.2, -0.15) is 13.2 Å². The molecule has 0 bridgehead atoms. The molecule has 1 aliphatic heterocycles. The summed E-state index contributed by atoms with van der Waals surface area (Å²) in [6.45, 7) is 2.23. The molecule has 174 valence electrons. The molecule has 1 saturated heterocycles. The first-order chi connectivity index (χ1) is 15.7. The third-order valence-corrected chi connectivity index (χ3v) is 6.04. The summed E-state index contributed by atoms with van der Waals surface area (Å²) in [5.41, 5.74) is 2.26. The summed E-state index contributed by atoms with van der Waals surface area (Å²) in [6.07, 6.45) is -4.73. The Kier molecular flexibility index (Phi) is 6.99. The molecule has 2 heterocycles. The maximum atomic E-state index is 13.8. The lowest BCUT2D eigenvalue weighted by molar-refractivity contribution is -0.144. The van der Waals surface area contributed by atoms with E-state index >= 15 is 0 Å². The molecule has 0 radical (unpaired) electrons. The van der Waals surface area contributed by atoms with Gasteiger partial charge >= 0.3 is 6.18 Å². The van der Waals surface area contributed by atoms with Gasteiger partial charge in [-0.05, 0) is 23.3 Å². The average molecular weight is 497 g/mol. The van der Waals surface area contributed by atoms with Crippen molar-refractivity contribution in [2.24, 2.45) is 0 Å². The molecular weight excluding hydrogens is 477 g/mol. The lowest BCUT2D eigenvalue weighted by atomic mass is 9.98. The van der Waals surface area contributed by atoms with Crippen molar-refractivity contribution in [1.29, 1.82) is 0 Å². The average Bonchev–Trinajstić information content (AvgIpc) is 2.79. The lowest BCUT2D eigenvalue weighted by Gasteiger charge is -2.31. The summed E-state index contributed by atoms with van der Waals surface area (Å²) in [6, 6.07) is 13.2. The predicted octanol–water partition coefficient (Wildman–Crippen LogP) is 4.61. The largest absolute Gasteiger partial charge is 0.451 e. The van der Waals surface area contributed by atoms with Crippen molar-refractivity contribution in [3.8, 4) is 22.4 Å². The van der Waals surface area contributed by atoms with Crippen LogP contribution < -0.4 is 10.2 Å². The first-order valence-electron chi connectivity index (χ1n) is 10.1. The van der Waals surface area contributed by atoms with Crippen LogP contribution in [0.2, 0.25) is 5.02 Å². The zero-order valence-corrected chi connectivity index (χ0v) is 18.8. The van der Waals surface area contributed by atoms with Crippen LogP contribution in [0.5, 0.6) is 0 Å². The minimum Gasteiger partial charge on any atom is -0.353 e. The van der Waals surface area contributed by atoms with E-state index in [9.17, 15) is 17.4 Å². The molecule has 0 saturated carbocycles. The van der Waals surface area contributed by atoms with Gasteiger partial charge in [0.25, 0.3) is 0 Å². The quantitative estimate of drug-likeness (QED) is 0.502. The summed E-state index contributed by atoms with van der Waals surface area (Å²) >= 11 is 4.02. The van der Waals surface area contributed by atoms with E-state index in [0.29, 0.717) is 53.5 Å². The summed E-state index contributed by atoms with van der Waals surface area (Å²) in [7, 11) is 0. The Balaban J connectivity index is 1.95. The van der Waals surface area contributed by atoms with Crippen molar-refractivity contribution >= 4 is 28.5 Å². The molecule has 0 amide bonds. The minimum atomic E-state index is -4.73. The van der Waals surface area contributed by atoms with E-state index in [-0.39, 0.29) is 17.3 Å². The SMILES string of the molecule is O=S(O)Cc1ccc(-c2nc(C(F)(F)F)nc(N3CCNCC3)c2-c2ccc(Cl)cc2)cc1. The van der Waals surface area contributed by atoms with Gasteiger partial charge in [0.1, 0.15) is 5.82 Å². The van der Waals surface area contributed by atoms with E-state index in [1.165, 1.54) is 0 Å². The number of hydrogen-bond donors (Lipinski definition) is 2. The number of anilines is 1. The molecule has 11 heteroatoms. The van der Waals surface area contributed by atoms with Crippen LogP contribution in [0.1, 0.15) is 11.4 Å². The van der Waals surface area contributed by atoms with E-state index in [4.69, 9.17) is 16.2 Å². The van der Waals surface area contributed by atoms with Crippen LogP contribution >= 0.6 is 11.6 Å². The Hall–Kier alpha value is -2.53. The number of halogens is 4. The molecule has 1 fully saturated rings. The highest BCUT2D eigenvalue weighted by Crippen LogP contribution is 2.40. The monoisotopic (exact) mass is 496 g/mol. The third kappa shape index (κ3) is 5.52. The van der Waals surface area contributed by atoms with Gasteiger partial charge in [-0.1, -0.05) is 48.0 Å². The van der Waals surface area contributed by atoms with Crippen molar-refractivity contribution < 1.29 is 21.9 Å². The molecule has 0 spiro atoms. The summed E-state index contributed by atoms with van der Waals surface area (Å²) in [5, 5.41) is 3.69. The number of nitrogens with zero attached hydrogens (tertiary/aromatic N) is 3. The lowest BCUT2D eigenvalue weighted by Crippen LogP contribution is -2.44. The van der Waals surface area contributed by atoms with Gasteiger partial charge in [-0.25, -0.2) is 14.2 Å². The molecule has 1 aromatic heterocycles. The number of nitrogens with one attached hydrogen (secondary N) is 1. The van der Waals surface area contributed by atoms with Crippen LogP contribution in [0.3, 0.4) is 0 Å². The number of hydrogen-bond acceptors (Lipinski definition) is 5. The minimum absolute atomic E-state index is 0.0755. The van der Waals surface area contributed by atoms with Crippen molar-refractivity contribution in [1.82, 2.24) is 15.3 Å². The van der Waals surface area contributed by atoms with Gasteiger partial charge in [0.2, 0.25) is 5.82 Å². The highest BCUT2D eigenvalue weighted by Gasteiger charge is 2.37. The molecule has 2 N–H and O–H groups in total. The molecule has 4 rings (SSSR count).